The Morgan fingerprint density at radius 1 is 1.16 bits per heavy atom. The Bertz CT molecular complexity index is 793. The third-order valence-corrected chi connectivity index (χ3v) is 5.46. The number of aromatic carboxylic acids is 1. The molecule has 0 spiro atoms. The number of hydrogen-bond donors (Lipinski definition) is 3. The van der Waals surface area contributed by atoms with Crippen LogP contribution in [-0.4, -0.2) is 32.9 Å². The van der Waals surface area contributed by atoms with E-state index in [1.165, 1.54) is 17.8 Å². The molecule has 2 aromatic carbocycles. The molecule has 1 atom stereocenters. The number of nitrogens with one attached hydrogen (secondary N) is 1. The summed E-state index contributed by atoms with van der Waals surface area (Å²) >= 11 is -0.843. The number of nitrogens with zero attached hydrogens (tertiary/aromatic N) is 1. The first kappa shape index (κ1) is 17.8. The van der Waals surface area contributed by atoms with Crippen molar-refractivity contribution < 1.29 is 18.7 Å². The lowest BCUT2D eigenvalue weighted by molar-refractivity contribution is 0.0697. The van der Waals surface area contributed by atoms with Crippen molar-refractivity contribution in [3.63, 3.8) is 0 Å². The van der Waals surface area contributed by atoms with E-state index in [1.807, 2.05) is 30.3 Å². The lowest BCUT2D eigenvalue weighted by Gasteiger charge is -2.24. The van der Waals surface area contributed by atoms with Gasteiger partial charge in [-0.15, -0.1) is 0 Å². The second-order valence-corrected chi connectivity index (χ2v) is 7.42. The van der Waals surface area contributed by atoms with Crippen LogP contribution < -0.4 is 9.62 Å². The number of carbonyl (C=O) groups is 1. The van der Waals surface area contributed by atoms with Gasteiger partial charge >= 0.3 is 5.97 Å². The van der Waals surface area contributed by atoms with Crippen molar-refractivity contribution in [3.8, 4) is 0 Å². The number of carboxylic acids is 1. The van der Waals surface area contributed by atoms with Crippen molar-refractivity contribution in [2.75, 3.05) is 22.7 Å². The predicted molar refractivity (Wildman–Crippen MR) is 99.8 cm³/mol. The number of carboxylic acid groups (broad SMARTS) is 1. The molecule has 0 radical (unpaired) electrons. The van der Waals surface area contributed by atoms with E-state index in [-0.39, 0.29) is 5.56 Å². The molecule has 1 heterocycles. The van der Waals surface area contributed by atoms with Gasteiger partial charge < -0.3 is 10.0 Å². The monoisotopic (exact) mass is 378 g/mol. The van der Waals surface area contributed by atoms with Gasteiger partial charge in [-0.1, -0.05) is 30.0 Å². The van der Waals surface area contributed by atoms with E-state index in [0.717, 1.165) is 41.4 Å². The number of anilines is 2. The molecule has 0 aliphatic carbocycles. The van der Waals surface area contributed by atoms with Gasteiger partial charge in [-0.2, -0.15) is 0 Å². The van der Waals surface area contributed by atoms with Crippen LogP contribution in [0.4, 0.5) is 11.4 Å². The molecule has 6 nitrogen and oxygen atoms in total. The zero-order valence-electron chi connectivity index (χ0n) is 13.3. The molecule has 1 saturated heterocycles. The normalized spacial score (nSPS) is 15.2. The topological polar surface area (TPSA) is 89.9 Å². The molecule has 3 N–H and O–H groups in total. The summed E-state index contributed by atoms with van der Waals surface area (Å²) in [4.78, 5) is 15.3. The molecule has 1 fully saturated rings. The lowest BCUT2D eigenvalue weighted by atomic mass is 10.1. The highest BCUT2D eigenvalue weighted by molar-refractivity contribution is 7.99. The Kier molecular flexibility index (Phi) is 5.62. The smallest absolute Gasteiger partial charge is 0.335 e. The highest BCUT2D eigenvalue weighted by Crippen LogP contribution is 2.43. The molecule has 2 aromatic rings. The van der Waals surface area contributed by atoms with E-state index in [0.29, 0.717) is 5.69 Å². The molecule has 0 amide bonds. The molecule has 132 valence electrons. The molecule has 1 aliphatic rings. The van der Waals surface area contributed by atoms with Gasteiger partial charge in [0.15, 0.2) is 0 Å². The molecule has 1 aliphatic heterocycles. The Labute approximate surface area is 152 Å². The van der Waals surface area contributed by atoms with Crippen molar-refractivity contribution >= 4 is 40.4 Å². The summed E-state index contributed by atoms with van der Waals surface area (Å²) < 4.78 is 23.1. The summed E-state index contributed by atoms with van der Waals surface area (Å²) in [5.41, 5.74) is 1.21. The van der Waals surface area contributed by atoms with Gasteiger partial charge in [-0.3, -0.25) is 9.27 Å². The van der Waals surface area contributed by atoms with Crippen LogP contribution in [0.1, 0.15) is 23.2 Å². The molecule has 1 unspecified atom stereocenters. The minimum Gasteiger partial charge on any atom is -0.478 e. The average molecular weight is 378 g/mol. The maximum atomic E-state index is 11.5. The second kappa shape index (κ2) is 7.90. The summed E-state index contributed by atoms with van der Waals surface area (Å²) in [6, 6.07) is 12.7. The first-order valence-corrected chi connectivity index (χ1v) is 9.73. The Morgan fingerprint density at radius 2 is 1.84 bits per heavy atom. The molecule has 25 heavy (non-hydrogen) atoms. The van der Waals surface area contributed by atoms with Gasteiger partial charge in [0.2, 0.25) is 0 Å². The quantitative estimate of drug-likeness (QED) is 0.664. The Balaban J connectivity index is 2.12. The fraction of sp³-hybridized carbons (Fsp3) is 0.235. The molecular weight excluding hydrogens is 360 g/mol. The molecule has 8 heteroatoms. The van der Waals surface area contributed by atoms with Crippen LogP contribution in [0, 0.1) is 0 Å². The summed E-state index contributed by atoms with van der Waals surface area (Å²) in [5.74, 6) is -1.07. The van der Waals surface area contributed by atoms with Gasteiger partial charge in [-0.05, 0) is 37.1 Å². The summed E-state index contributed by atoms with van der Waals surface area (Å²) in [5, 5.41) is 9.40. The third kappa shape index (κ3) is 4.33. The van der Waals surface area contributed by atoms with Crippen molar-refractivity contribution in [2.45, 2.75) is 22.6 Å². The minimum atomic E-state index is -2.29. The maximum Gasteiger partial charge on any atom is 0.335 e. The van der Waals surface area contributed by atoms with Crippen LogP contribution in [0.5, 0.6) is 0 Å². The second-order valence-electron chi connectivity index (χ2n) is 5.64. The van der Waals surface area contributed by atoms with E-state index < -0.39 is 17.2 Å². The van der Waals surface area contributed by atoms with E-state index in [9.17, 15) is 18.7 Å². The highest BCUT2D eigenvalue weighted by Gasteiger charge is 2.22. The van der Waals surface area contributed by atoms with Gasteiger partial charge in [0.05, 0.1) is 21.8 Å². The fourth-order valence-electron chi connectivity index (χ4n) is 2.81. The first-order chi connectivity index (χ1) is 12.0. The number of rotatable bonds is 6. The summed E-state index contributed by atoms with van der Waals surface area (Å²) in [7, 11) is 0. The molecular formula is C17H18N2O4S2. The van der Waals surface area contributed by atoms with Crippen LogP contribution in [-0.2, 0) is 11.3 Å². The molecule has 0 bridgehead atoms. The Hall–Kier alpha value is -2.03. The number of hydrogen-bond acceptors (Lipinski definition) is 4. The van der Waals surface area contributed by atoms with Crippen LogP contribution in [0.15, 0.2) is 52.3 Å². The fourth-order valence-corrected chi connectivity index (χ4v) is 4.27. The van der Waals surface area contributed by atoms with E-state index >= 15 is 0 Å². The third-order valence-electron chi connectivity index (χ3n) is 3.92. The highest BCUT2D eigenvalue weighted by atomic mass is 32.2. The van der Waals surface area contributed by atoms with Crippen molar-refractivity contribution in [1.82, 2.24) is 0 Å². The minimum absolute atomic E-state index is 0.0901. The molecule has 0 saturated carbocycles. The summed E-state index contributed by atoms with van der Waals surface area (Å²) in [6.07, 6.45) is 2.09. The summed E-state index contributed by atoms with van der Waals surface area (Å²) in [6.45, 7) is 1.68. The largest absolute Gasteiger partial charge is 0.478 e. The Morgan fingerprint density at radius 3 is 2.44 bits per heavy atom. The average Bonchev–Trinajstić information content (AvgIpc) is 3.11. The van der Waals surface area contributed by atoms with E-state index in [4.69, 9.17) is 0 Å². The van der Waals surface area contributed by atoms with Crippen molar-refractivity contribution in [1.29, 1.82) is 0 Å². The van der Waals surface area contributed by atoms with Gasteiger partial charge in [-0.25, -0.2) is 9.00 Å². The zero-order chi connectivity index (χ0) is 17.8. The first-order valence-electron chi connectivity index (χ1n) is 7.81. The zero-order valence-corrected chi connectivity index (χ0v) is 15.0. The lowest BCUT2D eigenvalue weighted by Crippen LogP contribution is -2.20. The number of benzene rings is 2. The maximum absolute atomic E-state index is 11.5. The van der Waals surface area contributed by atoms with E-state index in [2.05, 4.69) is 9.62 Å². The van der Waals surface area contributed by atoms with Gasteiger partial charge in [0.25, 0.3) is 11.3 Å². The van der Waals surface area contributed by atoms with Gasteiger partial charge in [0.1, 0.15) is 0 Å². The van der Waals surface area contributed by atoms with Gasteiger partial charge in [0, 0.05) is 18.0 Å². The molecule has 0 aromatic heterocycles. The van der Waals surface area contributed by atoms with Crippen LogP contribution in [0.2, 0.25) is 0 Å². The van der Waals surface area contributed by atoms with Crippen LogP contribution in [0.3, 0.4) is 0 Å². The van der Waals surface area contributed by atoms with Crippen molar-refractivity contribution in [2.24, 2.45) is 0 Å². The molecule has 3 rings (SSSR count). The predicted octanol–water partition coefficient (Wildman–Crippen LogP) is 3.68. The van der Waals surface area contributed by atoms with Crippen molar-refractivity contribution in [3.05, 3.63) is 48.0 Å². The van der Waals surface area contributed by atoms with Crippen LogP contribution >= 0.6 is 11.8 Å². The SMILES string of the molecule is O=C(O)c1cc(NS(=O)O)c(Sc2ccccc2)c(N2CCCC2)c1. The standard InChI is InChI=1S/C17H18N2O4S2/c20-17(21)12-10-14(18-25(22)23)16(24-13-6-2-1-3-7-13)15(11-12)19-8-4-5-9-19/h1-3,6-7,10-11,18H,4-5,8-9H2,(H,20,21)(H,22,23). The van der Waals surface area contributed by atoms with E-state index in [1.54, 1.807) is 6.07 Å². The van der Waals surface area contributed by atoms with Crippen LogP contribution in [0.25, 0.3) is 0 Å².